The van der Waals surface area contributed by atoms with Crippen LogP contribution in [-0.4, -0.2) is 34.0 Å². The minimum absolute atomic E-state index is 0.0910. The molecular formula is C46H81NO3S. The van der Waals surface area contributed by atoms with E-state index in [4.69, 9.17) is 0 Å². The minimum atomic E-state index is -0.893. The normalized spacial score (nSPS) is 31.4. The van der Waals surface area contributed by atoms with E-state index in [0.29, 0.717) is 28.3 Å². The first kappa shape index (κ1) is 42.8. The summed E-state index contributed by atoms with van der Waals surface area (Å²) in [6.45, 7) is 14.9. The topological polar surface area (TPSA) is 66.4 Å². The van der Waals surface area contributed by atoms with Crippen molar-refractivity contribution in [2.24, 2.45) is 46.3 Å². The molecule has 2 N–H and O–H groups in total. The largest absolute Gasteiger partial charge is 0.480 e. The van der Waals surface area contributed by atoms with Gasteiger partial charge in [-0.15, -0.1) is 0 Å². The number of allylic oxidation sites excluding steroid dienone is 2. The number of nitrogens with one attached hydrogen (secondary N) is 1. The van der Waals surface area contributed by atoms with Crippen LogP contribution in [0.5, 0.6) is 0 Å². The monoisotopic (exact) mass is 728 g/mol. The van der Waals surface area contributed by atoms with Crippen molar-refractivity contribution in [3.8, 4) is 0 Å². The van der Waals surface area contributed by atoms with Gasteiger partial charge in [-0.05, 0) is 104 Å². The Labute approximate surface area is 319 Å². The Morgan fingerprint density at radius 1 is 0.824 bits per heavy atom. The van der Waals surface area contributed by atoms with Gasteiger partial charge in [-0.25, -0.2) is 4.79 Å². The SMILES string of the molecule is CCCCCCCCCCCCCCCC(=O)N[C@@H](CSC1CC[C@@]2(C)C(=CCC3C2CC[C@@]2(C)C3CC[C@@H]2[C@H](C)CCCC(C)C)C1)C(=O)O. The van der Waals surface area contributed by atoms with Crippen LogP contribution in [0.25, 0.3) is 0 Å². The molecule has 4 aliphatic carbocycles. The van der Waals surface area contributed by atoms with E-state index in [-0.39, 0.29) is 5.91 Å². The molecule has 51 heavy (non-hydrogen) atoms. The molecule has 4 rings (SSSR count). The molecule has 0 bridgehead atoms. The Bertz CT molecular complexity index is 1090. The van der Waals surface area contributed by atoms with Crippen molar-refractivity contribution < 1.29 is 14.7 Å². The first-order valence-electron chi connectivity index (χ1n) is 22.3. The van der Waals surface area contributed by atoms with Crippen LogP contribution in [0.3, 0.4) is 0 Å². The summed E-state index contributed by atoms with van der Waals surface area (Å²) in [5, 5.41) is 13.3. The Morgan fingerprint density at radius 2 is 1.47 bits per heavy atom. The molecule has 5 heteroatoms. The van der Waals surface area contributed by atoms with E-state index >= 15 is 0 Å². The average molecular weight is 728 g/mol. The second-order valence-corrected chi connectivity index (χ2v) is 20.3. The van der Waals surface area contributed by atoms with E-state index in [1.807, 2.05) is 0 Å². The second kappa shape index (κ2) is 21.2. The molecule has 294 valence electrons. The van der Waals surface area contributed by atoms with Crippen molar-refractivity contribution in [3.05, 3.63) is 11.6 Å². The number of carbonyl (C=O) groups is 2. The number of unbranched alkanes of at least 4 members (excludes halogenated alkanes) is 12. The minimum Gasteiger partial charge on any atom is -0.480 e. The number of rotatable bonds is 24. The maximum atomic E-state index is 12.7. The number of carbonyl (C=O) groups excluding carboxylic acids is 1. The van der Waals surface area contributed by atoms with E-state index in [1.165, 1.54) is 135 Å². The number of hydrogen-bond donors (Lipinski definition) is 2. The van der Waals surface area contributed by atoms with Crippen molar-refractivity contribution in [2.45, 2.75) is 213 Å². The zero-order valence-electron chi connectivity index (χ0n) is 34.3. The predicted octanol–water partition coefficient (Wildman–Crippen LogP) is 13.2. The van der Waals surface area contributed by atoms with E-state index in [1.54, 1.807) is 17.3 Å². The third-order valence-electron chi connectivity index (χ3n) is 14.9. The van der Waals surface area contributed by atoms with Gasteiger partial charge in [-0.1, -0.05) is 150 Å². The van der Waals surface area contributed by atoms with Gasteiger partial charge in [-0.3, -0.25) is 4.79 Å². The molecule has 4 nitrogen and oxygen atoms in total. The molecule has 0 aliphatic heterocycles. The van der Waals surface area contributed by atoms with Crippen LogP contribution in [0.1, 0.15) is 202 Å². The van der Waals surface area contributed by atoms with Crippen LogP contribution in [0.4, 0.5) is 0 Å². The molecule has 3 saturated carbocycles. The Balaban J connectivity index is 1.15. The van der Waals surface area contributed by atoms with Gasteiger partial charge in [0.1, 0.15) is 6.04 Å². The van der Waals surface area contributed by atoms with E-state index in [9.17, 15) is 14.7 Å². The lowest BCUT2D eigenvalue weighted by molar-refractivity contribution is -0.141. The molecular weight excluding hydrogens is 647 g/mol. The van der Waals surface area contributed by atoms with Gasteiger partial charge >= 0.3 is 5.97 Å². The zero-order valence-corrected chi connectivity index (χ0v) is 35.1. The van der Waals surface area contributed by atoms with Crippen molar-refractivity contribution in [1.82, 2.24) is 5.32 Å². The fourth-order valence-corrected chi connectivity index (χ4v) is 13.0. The van der Waals surface area contributed by atoms with Crippen LogP contribution in [0.15, 0.2) is 11.6 Å². The fraction of sp³-hybridized carbons (Fsp3) is 0.913. The summed E-state index contributed by atoms with van der Waals surface area (Å²) >= 11 is 1.80. The Kier molecular flexibility index (Phi) is 17.8. The number of carboxylic acids is 1. The van der Waals surface area contributed by atoms with Gasteiger partial charge in [0.15, 0.2) is 0 Å². The lowest BCUT2D eigenvalue weighted by Crippen LogP contribution is -2.50. The van der Waals surface area contributed by atoms with Crippen molar-refractivity contribution in [1.29, 1.82) is 0 Å². The van der Waals surface area contributed by atoms with E-state index < -0.39 is 12.0 Å². The molecule has 4 aliphatic rings. The number of amides is 1. The molecule has 0 spiro atoms. The maximum Gasteiger partial charge on any atom is 0.327 e. The van der Waals surface area contributed by atoms with Crippen LogP contribution in [0, 0.1) is 46.3 Å². The van der Waals surface area contributed by atoms with Crippen LogP contribution in [0.2, 0.25) is 0 Å². The lowest BCUT2D eigenvalue weighted by atomic mass is 9.47. The Hall–Kier alpha value is -0.970. The average Bonchev–Trinajstić information content (AvgIpc) is 3.45. The quantitative estimate of drug-likeness (QED) is 0.0767. The summed E-state index contributed by atoms with van der Waals surface area (Å²) in [6, 6.07) is -0.790. The fourth-order valence-electron chi connectivity index (χ4n) is 11.8. The number of carboxylic acid groups (broad SMARTS) is 1. The molecule has 1 amide bonds. The summed E-state index contributed by atoms with van der Waals surface area (Å²) in [7, 11) is 0. The third kappa shape index (κ3) is 12.0. The van der Waals surface area contributed by atoms with Crippen LogP contribution >= 0.6 is 11.8 Å². The van der Waals surface area contributed by atoms with Crippen LogP contribution in [-0.2, 0) is 9.59 Å². The first-order valence-corrected chi connectivity index (χ1v) is 23.4. The van der Waals surface area contributed by atoms with Gasteiger partial charge in [0.2, 0.25) is 5.91 Å². The highest BCUT2D eigenvalue weighted by molar-refractivity contribution is 8.00. The molecule has 9 atom stereocenters. The van der Waals surface area contributed by atoms with E-state index in [2.05, 4.69) is 52.9 Å². The molecule has 0 heterocycles. The van der Waals surface area contributed by atoms with Gasteiger partial charge < -0.3 is 10.4 Å². The van der Waals surface area contributed by atoms with Crippen molar-refractivity contribution in [3.63, 3.8) is 0 Å². The number of aliphatic carboxylic acids is 1. The van der Waals surface area contributed by atoms with Gasteiger partial charge in [-0.2, -0.15) is 11.8 Å². The standard InChI is InChI=1S/C46H81NO3S/c1-7-8-9-10-11-12-13-14-15-16-17-18-19-23-43(48)47-42(44(49)50)33-51-37-28-30-45(5)36(32-37)24-25-38-40-27-26-39(35(4)22-20-21-34(2)3)46(40,6)31-29-41(38)45/h24,34-35,37-42H,7-23,25-33H2,1-6H3,(H,47,48)(H,49,50)/t35-,37?,38?,39-,40?,41?,42+,45+,46-/m1/s1. The highest BCUT2D eigenvalue weighted by Gasteiger charge is 2.59. The maximum absolute atomic E-state index is 12.7. The Morgan fingerprint density at radius 3 is 2.10 bits per heavy atom. The molecule has 4 unspecified atom stereocenters. The second-order valence-electron chi connectivity index (χ2n) is 18.9. The van der Waals surface area contributed by atoms with Crippen LogP contribution < -0.4 is 5.32 Å². The van der Waals surface area contributed by atoms with Gasteiger partial charge in [0, 0.05) is 17.4 Å². The highest BCUT2D eigenvalue weighted by atomic mass is 32.2. The highest BCUT2D eigenvalue weighted by Crippen LogP contribution is 2.67. The summed E-state index contributed by atoms with van der Waals surface area (Å²) in [4.78, 5) is 24.9. The van der Waals surface area contributed by atoms with E-state index in [0.717, 1.165) is 54.8 Å². The van der Waals surface area contributed by atoms with Gasteiger partial charge in [0.05, 0.1) is 0 Å². The first-order chi connectivity index (χ1) is 24.5. The molecule has 0 aromatic carbocycles. The predicted molar refractivity (Wildman–Crippen MR) is 219 cm³/mol. The number of fused-ring (bicyclic) bond motifs is 5. The third-order valence-corrected chi connectivity index (χ3v) is 16.3. The van der Waals surface area contributed by atoms with Gasteiger partial charge in [0.25, 0.3) is 0 Å². The summed E-state index contributed by atoms with van der Waals surface area (Å²) in [5.41, 5.74) is 2.51. The van der Waals surface area contributed by atoms with Crippen molar-refractivity contribution >= 4 is 23.6 Å². The summed E-state index contributed by atoms with van der Waals surface area (Å²) in [6.07, 6.45) is 34.3. The molecule has 3 fully saturated rings. The van der Waals surface area contributed by atoms with Crippen molar-refractivity contribution in [2.75, 3.05) is 5.75 Å². The molecule has 0 aromatic heterocycles. The molecule has 0 saturated heterocycles. The zero-order chi connectivity index (χ0) is 36.9. The summed E-state index contributed by atoms with van der Waals surface area (Å²) < 4.78 is 0. The number of hydrogen-bond acceptors (Lipinski definition) is 3. The number of thioether (sulfide) groups is 1. The smallest absolute Gasteiger partial charge is 0.327 e. The lowest BCUT2D eigenvalue weighted by Gasteiger charge is -2.58. The molecule has 0 radical (unpaired) electrons. The molecule has 0 aromatic rings. The summed E-state index contributed by atoms with van der Waals surface area (Å²) in [5.74, 6) is 4.60.